The van der Waals surface area contributed by atoms with Gasteiger partial charge in [-0.05, 0) is 42.7 Å². The molecule has 3 aromatic rings. The van der Waals surface area contributed by atoms with Gasteiger partial charge in [-0.1, -0.05) is 38.1 Å². The summed E-state index contributed by atoms with van der Waals surface area (Å²) in [7, 11) is -3.52. The first-order valence-corrected chi connectivity index (χ1v) is 12.0. The summed E-state index contributed by atoms with van der Waals surface area (Å²) in [5.41, 5.74) is 1.63. The van der Waals surface area contributed by atoms with Gasteiger partial charge in [0.15, 0.2) is 0 Å². The van der Waals surface area contributed by atoms with Crippen LogP contribution in [0.25, 0.3) is 10.9 Å². The first kappa shape index (κ1) is 21.7. The Morgan fingerprint density at radius 1 is 0.935 bits per heavy atom. The molecule has 31 heavy (non-hydrogen) atoms. The normalized spacial score (nSPS) is 17.3. The fourth-order valence-corrected chi connectivity index (χ4v) is 5.40. The molecule has 1 atom stereocenters. The molecule has 1 aliphatic heterocycles. The van der Waals surface area contributed by atoms with Crippen LogP contribution in [0.4, 0.5) is 0 Å². The van der Waals surface area contributed by atoms with Gasteiger partial charge < -0.3 is 4.98 Å². The Morgan fingerprint density at radius 3 is 2.23 bits per heavy atom. The maximum Gasteiger partial charge on any atom is 0.258 e. The highest BCUT2D eigenvalue weighted by atomic mass is 32.2. The minimum atomic E-state index is -3.52. The molecule has 4 rings (SSSR count). The maximum absolute atomic E-state index is 13.1. The minimum Gasteiger partial charge on any atom is -0.309 e. The first-order valence-electron chi connectivity index (χ1n) is 10.6. The number of hydrogen-bond donors (Lipinski definition) is 1. The molecule has 164 valence electrons. The summed E-state index contributed by atoms with van der Waals surface area (Å²) in [6.45, 7) is 8.10. The zero-order valence-corrected chi connectivity index (χ0v) is 18.9. The van der Waals surface area contributed by atoms with Crippen LogP contribution in [0.2, 0.25) is 0 Å². The largest absolute Gasteiger partial charge is 0.309 e. The van der Waals surface area contributed by atoms with Crippen LogP contribution in [-0.2, 0) is 10.0 Å². The SMILES string of the molecule is CC(C)c1ccc(S(=O)(=O)N2CCN(C(C)c3nc4ccccc4c(=O)[nH]3)CC2)cc1. The summed E-state index contributed by atoms with van der Waals surface area (Å²) >= 11 is 0. The van der Waals surface area contributed by atoms with E-state index in [1.54, 1.807) is 18.2 Å². The number of aromatic amines is 1. The van der Waals surface area contributed by atoms with E-state index in [1.807, 2.05) is 37.3 Å². The maximum atomic E-state index is 13.1. The zero-order chi connectivity index (χ0) is 22.2. The van der Waals surface area contributed by atoms with Crippen molar-refractivity contribution in [2.24, 2.45) is 0 Å². The van der Waals surface area contributed by atoms with E-state index in [1.165, 1.54) is 4.31 Å². The number of para-hydroxylation sites is 1. The van der Waals surface area contributed by atoms with Gasteiger partial charge in [0.2, 0.25) is 10.0 Å². The van der Waals surface area contributed by atoms with Crippen LogP contribution < -0.4 is 5.56 Å². The van der Waals surface area contributed by atoms with E-state index in [0.29, 0.717) is 53.7 Å². The second-order valence-corrected chi connectivity index (χ2v) is 10.2. The fourth-order valence-electron chi connectivity index (χ4n) is 3.98. The van der Waals surface area contributed by atoms with Gasteiger partial charge in [0.25, 0.3) is 5.56 Å². The number of nitrogens with zero attached hydrogens (tertiary/aromatic N) is 3. The molecule has 1 saturated heterocycles. The van der Waals surface area contributed by atoms with E-state index in [-0.39, 0.29) is 11.6 Å². The van der Waals surface area contributed by atoms with Crippen LogP contribution in [-0.4, -0.2) is 53.8 Å². The predicted octanol–water partition coefficient (Wildman–Crippen LogP) is 3.11. The Bertz CT molecular complexity index is 1230. The monoisotopic (exact) mass is 440 g/mol. The lowest BCUT2D eigenvalue weighted by Gasteiger charge is -2.37. The lowest BCUT2D eigenvalue weighted by Crippen LogP contribution is -2.49. The molecule has 7 nitrogen and oxygen atoms in total. The van der Waals surface area contributed by atoms with E-state index in [4.69, 9.17) is 0 Å². The quantitative estimate of drug-likeness (QED) is 0.659. The summed E-state index contributed by atoms with van der Waals surface area (Å²) < 4.78 is 27.6. The van der Waals surface area contributed by atoms with Gasteiger partial charge in [-0.15, -0.1) is 0 Å². The molecule has 1 aliphatic rings. The van der Waals surface area contributed by atoms with Crippen molar-refractivity contribution in [2.45, 2.75) is 37.6 Å². The molecule has 0 amide bonds. The van der Waals surface area contributed by atoms with Crippen molar-refractivity contribution >= 4 is 20.9 Å². The highest BCUT2D eigenvalue weighted by molar-refractivity contribution is 7.89. The van der Waals surface area contributed by atoms with Crippen LogP contribution in [0, 0.1) is 0 Å². The third-order valence-electron chi connectivity index (χ3n) is 6.03. The number of fused-ring (bicyclic) bond motifs is 1. The molecule has 0 aliphatic carbocycles. The van der Waals surface area contributed by atoms with Crippen molar-refractivity contribution in [2.75, 3.05) is 26.2 Å². The number of benzene rings is 2. The molecule has 0 bridgehead atoms. The van der Waals surface area contributed by atoms with Gasteiger partial charge in [0.1, 0.15) is 5.82 Å². The summed E-state index contributed by atoms with van der Waals surface area (Å²) in [4.78, 5) is 22.4. The van der Waals surface area contributed by atoms with Gasteiger partial charge >= 0.3 is 0 Å². The van der Waals surface area contributed by atoms with Crippen LogP contribution in [0.15, 0.2) is 58.2 Å². The van der Waals surface area contributed by atoms with E-state index >= 15 is 0 Å². The Hall–Kier alpha value is -2.55. The van der Waals surface area contributed by atoms with Crippen molar-refractivity contribution in [3.05, 3.63) is 70.3 Å². The number of sulfonamides is 1. The minimum absolute atomic E-state index is 0.118. The molecule has 1 unspecified atom stereocenters. The van der Waals surface area contributed by atoms with Crippen LogP contribution >= 0.6 is 0 Å². The van der Waals surface area contributed by atoms with Crippen molar-refractivity contribution in [3.63, 3.8) is 0 Å². The van der Waals surface area contributed by atoms with E-state index in [0.717, 1.165) is 5.56 Å². The summed E-state index contributed by atoms with van der Waals surface area (Å²) in [6.07, 6.45) is 0. The third-order valence-corrected chi connectivity index (χ3v) is 7.95. The molecule has 1 fully saturated rings. The third kappa shape index (κ3) is 4.28. The Morgan fingerprint density at radius 2 is 1.58 bits per heavy atom. The molecule has 0 radical (unpaired) electrons. The molecule has 8 heteroatoms. The van der Waals surface area contributed by atoms with Gasteiger partial charge in [-0.25, -0.2) is 13.4 Å². The van der Waals surface area contributed by atoms with Gasteiger partial charge in [-0.3, -0.25) is 9.69 Å². The number of H-pyrrole nitrogens is 1. The Balaban J connectivity index is 1.47. The predicted molar refractivity (Wildman–Crippen MR) is 122 cm³/mol. The molecule has 2 aromatic carbocycles. The van der Waals surface area contributed by atoms with Crippen LogP contribution in [0.1, 0.15) is 44.1 Å². The number of piperazine rings is 1. The molecular weight excluding hydrogens is 412 g/mol. The van der Waals surface area contributed by atoms with Gasteiger partial charge in [0.05, 0.1) is 21.8 Å². The highest BCUT2D eigenvalue weighted by Crippen LogP contribution is 2.24. The van der Waals surface area contributed by atoms with Crippen molar-refractivity contribution < 1.29 is 8.42 Å². The standard InChI is InChI=1S/C23H28N4O3S/c1-16(2)18-8-10-19(11-9-18)31(29,30)27-14-12-26(13-15-27)17(3)22-24-21-7-5-4-6-20(21)23(28)25-22/h4-11,16-17H,12-15H2,1-3H3,(H,24,25,28). The van der Waals surface area contributed by atoms with Crippen LogP contribution in [0.5, 0.6) is 0 Å². The molecular formula is C23H28N4O3S. The van der Waals surface area contributed by atoms with Crippen molar-refractivity contribution in [1.29, 1.82) is 0 Å². The average molecular weight is 441 g/mol. The molecule has 2 heterocycles. The molecule has 0 spiro atoms. The Kier molecular flexibility index (Phi) is 5.96. The van der Waals surface area contributed by atoms with Crippen LogP contribution in [0.3, 0.4) is 0 Å². The molecule has 1 aromatic heterocycles. The zero-order valence-electron chi connectivity index (χ0n) is 18.1. The number of rotatable bonds is 5. The lowest BCUT2D eigenvalue weighted by molar-refractivity contribution is 0.141. The van der Waals surface area contributed by atoms with Crippen molar-refractivity contribution in [1.82, 2.24) is 19.2 Å². The van der Waals surface area contributed by atoms with Crippen molar-refractivity contribution in [3.8, 4) is 0 Å². The average Bonchev–Trinajstić information content (AvgIpc) is 2.78. The van der Waals surface area contributed by atoms with Gasteiger partial charge in [0, 0.05) is 26.2 Å². The number of hydrogen-bond acceptors (Lipinski definition) is 5. The fraction of sp³-hybridized carbons (Fsp3) is 0.391. The summed E-state index contributed by atoms with van der Waals surface area (Å²) in [6, 6.07) is 14.3. The Labute approximate surface area is 182 Å². The summed E-state index contributed by atoms with van der Waals surface area (Å²) in [5, 5.41) is 0.567. The highest BCUT2D eigenvalue weighted by Gasteiger charge is 2.31. The molecule has 1 N–H and O–H groups in total. The second-order valence-electron chi connectivity index (χ2n) is 8.31. The smallest absolute Gasteiger partial charge is 0.258 e. The second kappa shape index (κ2) is 8.53. The van der Waals surface area contributed by atoms with E-state index in [9.17, 15) is 13.2 Å². The number of aromatic nitrogens is 2. The van der Waals surface area contributed by atoms with E-state index in [2.05, 4.69) is 28.7 Å². The lowest BCUT2D eigenvalue weighted by atomic mass is 10.0. The topological polar surface area (TPSA) is 86.4 Å². The summed E-state index contributed by atoms with van der Waals surface area (Å²) in [5.74, 6) is 0.959. The number of nitrogens with one attached hydrogen (secondary N) is 1. The van der Waals surface area contributed by atoms with Gasteiger partial charge in [-0.2, -0.15) is 4.31 Å². The first-order chi connectivity index (χ1) is 14.8. The van der Waals surface area contributed by atoms with E-state index < -0.39 is 10.0 Å². The molecule has 0 saturated carbocycles.